The van der Waals surface area contributed by atoms with Crippen molar-refractivity contribution in [2.24, 2.45) is 0 Å². The summed E-state index contributed by atoms with van der Waals surface area (Å²) in [4.78, 5) is 15.9. The number of carbonyl (C=O) groups excluding carboxylic acids is 1. The van der Waals surface area contributed by atoms with Gasteiger partial charge >= 0.3 is 6.55 Å². The van der Waals surface area contributed by atoms with Crippen LogP contribution in [0, 0.1) is 0 Å². The zero-order valence-electron chi connectivity index (χ0n) is 10.6. The second-order valence-corrected chi connectivity index (χ2v) is 4.22. The number of halogens is 2. The molecule has 0 bridgehead atoms. The standard InChI is InChI=1S/C12H10F2N6O/c13-12(14)20-5-3-8(19-20)11(21)16-6-9-7-2-1-4-15-10(7)18-17-9/h1-5,12H,6H2,(H,16,21)(H,15,17,18). The third-order valence-electron chi connectivity index (χ3n) is 2.88. The van der Waals surface area contributed by atoms with Crippen LogP contribution in [0.5, 0.6) is 0 Å². The summed E-state index contributed by atoms with van der Waals surface area (Å²) in [6, 6.07) is 4.81. The van der Waals surface area contributed by atoms with E-state index < -0.39 is 12.5 Å². The lowest BCUT2D eigenvalue weighted by molar-refractivity contribution is 0.0560. The molecule has 3 rings (SSSR count). The number of amides is 1. The van der Waals surface area contributed by atoms with Crippen LogP contribution in [0.2, 0.25) is 0 Å². The number of aromatic nitrogens is 5. The van der Waals surface area contributed by atoms with Crippen LogP contribution in [0.3, 0.4) is 0 Å². The minimum Gasteiger partial charge on any atom is -0.345 e. The number of fused-ring (bicyclic) bond motifs is 1. The number of nitrogens with one attached hydrogen (secondary N) is 2. The highest BCUT2D eigenvalue weighted by Gasteiger charge is 2.14. The molecule has 0 radical (unpaired) electrons. The molecule has 3 heterocycles. The molecule has 0 aromatic carbocycles. The van der Waals surface area contributed by atoms with Crippen molar-refractivity contribution in [3.8, 4) is 0 Å². The second kappa shape index (κ2) is 5.27. The van der Waals surface area contributed by atoms with Crippen molar-refractivity contribution in [3.63, 3.8) is 0 Å². The maximum Gasteiger partial charge on any atom is 0.333 e. The molecule has 3 aromatic heterocycles. The van der Waals surface area contributed by atoms with Crippen LogP contribution >= 0.6 is 0 Å². The van der Waals surface area contributed by atoms with Crippen LogP contribution in [0.1, 0.15) is 22.7 Å². The van der Waals surface area contributed by atoms with Crippen LogP contribution in [-0.2, 0) is 6.54 Å². The summed E-state index contributed by atoms with van der Waals surface area (Å²) < 4.78 is 25.2. The first-order chi connectivity index (χ1) is 10.1. The Morgan fingerprint density at radius 3 is 3.05 bits per heavy atom. The lowest BCUT2D eigenvalue weighted by Gasteiger charge is -2.02. The maximum atomic E-state index is 12.4. The van der Waals surface area contributed by atoms with Crippen LogP contribution in [0.25, 0.3) is 11.0 Å². The average molecular weight is 292 g/mol. The van der Waals surface area contributed by atoms with Crippen molar-refractivity contribution in [3.05, 3.63) is 42.0 Å². The summed E-state index contributed by atoms with van der Waals surface area (Å²) in [6.07, 6.45) is 2.66. The van der Waals surface area contributed by atoms with Gasteiger partial charge in [-0.15, -0.1) is 0 Å². The van der Waals surface area contributed by atoms with E-state index in [0.29, 0.717) is 16.0 Å². The summed E-state index contributed by atoms with van der Waals surface area (Å²) in [7, 11) is 0. The zero-order valence-corrected chi connectivity index (χ0v) is 10.6. The fourth-order valence-corrected chi connectivity index (χ4v) is 1.86. The molecule has 1 amide bonds. The van der Waals surface area contributed by atoms with Crippen molar-refractivity contribution in [2.75, 3.05) is 0 Å². The third-order valence-corrected chi connectivity index (χ3v) is 2.88. The van der Waals surface area contributed by atoms with Crippen LogP contribution in [-0.4, -0.2) is 30.9 Å². The van der Waals surface area contributed by atoms with Gasteiger partial charge in [0, 0.05) is 17.8 Å². The molecule has 0 aliphatic heterocycles. The number of rotatable bonds is 4. The molecule has 0 unspecified atom stereocenters. The molecule has 0 saturated heterocycles. The molecule has 0 aliphatic rings. The molecular formula is C12H10F2N6O. The smallest absolute Gasteiger partial charge is 0.333 e. The Hall–Kier alpha value is -2.84. The Morgan fingerprint density at radius 1 is 1.43 bits per heavy atom. The Labute approximate surface area is 117 Å². The fraction of sp³-hybridized carbons (Fsp3) is 0.167. The Bertz CT molecular complexity index is 781. The molecule has 7 nitrogen and oxygen atoms in total. The normalized spacial score (nSPS) is 11.2. The van der Waals surface area contributed by atoms with E-state index in [4.69, 9.17) is 0 Å². The van der Waals surface area contributed by atoms with Crippen LogP contribution < -0.4 is 5.32 Å². The van der Waals surface area contributed by atoms with Crippen LogP contribution in [0.15, 0.2) is 30.6 Å². The van der Waals surface area contributed by atoms with Gasteiger partial charge in [0.15, 0.2) is 5.65 Å². The number of hydrogen-bond donors (Lipinski definition) is 2. The van der Waals surface area contributed by atoms with E-state index >= 15 is 0 Å². The van der Waals surface area contributed by atoms with E-state index in [1.54, 1.807) is 12.3 Å². The van der Waals surface area contributed by atoms with Crippen molar-refractivity contribution < 1.29 is 13.6 Å². The van der Waals surface area contributed by atoms with Gasteiger partial charge in [0.25, 0.3) is 5.91 Å². The number of nitrogens with zero attached hydrogens (tertiary/aromatic N) is 4. The van der Waals surface area contributed by atoms with E-state index in [9.17, 15) is 13.6 Å². The SMILES string of the molecule is O=C(NCc1[nH]nc2ncccc12)c1ccn(C(F)F)n1. The van der Waals surface area contributed by atoms with E-state index in [-0.39, 0.29) is 12.2 Å². The minimum absolute atomic E-state index is 0.0720. The molecule has 9 heteroatoms. The topological polar surface area (TPSA) is 88.5 Å². The van der Waals surface area contributed by atoms with Gasteiger partial charge < -0.3 is 5.32 Å². The lowest BCUT2D eigenvalue weighted by atomic mass is 10.2. The Kier molecular flexibility index (Phi) is 3.30. The van der Waals surface area contributed by atoms with E-state index in [0.717, 1.165) is 11.6 Å². The summed E-state index contributed by atoms with van der Waals surface area (Å²) >= 11 is 0. The summed E-state index contributed by atoms with van der Waals surface area (Å²) in [6.45, 7) is -2.60. The number of carbonyl (C=O) groups is 1. The maximum absolute atomic E-state index is 12.4. The van der Waals surface area contributed by atoms with Gasteiger partial charge in [0.1, 0.15) is 5.69 Å². The van der Waals surface area contributed by atoms with Crippen molar-refractivity contribution in [1.29, 1.82) is 0 Å². The number of alkyl halides is 2. The number of aromatic amines is 1. The van der Waals surface area contributed by atoms with Crippen molar-refractivity contribution >= 4 is 16.9 Å². The van der Waals surface area contributed by atoms with Crippen molar-refractivity contribution in [2.45, 2.75) is 13.1 Å². The van der Waals surface area contributed by atoms with E-state index in [1.165, 1.54) is 6.07 Å². The van der Waals surface area contributed by atoms with E-state index in [2.05, 4.69) is 25.6 Å². The number of H-pyrrole nitrogens is 1. The first-order valence-corrected chi connectivity index (χ1v) is 6.04. The lowest BCUT2D eigenvalue weighted by Crippen LogP contribution is -2.23. The predicted molar refractivity (Wildman–Crippen MR) is 68.5 cm³/mol. The van der Waals surface area contributed by atoms with Gasteiger partial charge in [0.05, 0.1) is 12.2 Å². The summed E-state index contributed by atoms with van der Waals surface area (Å²) in [5, 5.41) is 13.6. The van der Waals surface area contributed by atoms with Crippen molar-refractivity contribution in [1.82, 2.24) is 30.3 Å². The average Bonchev–Trinajstić information content (AvgIpc) is 3.12. The highest BCUT2D eigenvalue weighted by molar-refractivity contribution is 5.92. The molecule has 108 valence electrons. The second-order valence-electron chi connectivity index (χ2n) is 4.22. The molecule has 0 spiro atoms. The van der Waals surface area contributed by atoms with Gasteiger partial charge in [-0.3, -0.25) is 9.89 Å². The first-order valence-electron chi connectivity index (χ1n) is 6.04. The summed E-state index contributed by atoms with van der Waals surface area (Å²) in [5.41, 5.74) is 1.15. The van der Waals surface area contributed by atoms with Crippen LogP contribution in [0.4, 0.5) is 8.78 Å². The monoisotopic (exact) mass is 292 g/mol. The Balaban J connectivity index is 1.70. The highest BCUT2D eigenvalue weighted by atomic mass is 19.3. The third kappa shape index (κ3) is 2.57. The highest BCUT2D eigenvalue weighted by Crippen LogP contribution is 2.13. The number of hydrogen-bond acceptors (Lipinski definition) is 4. The Morgan fingerprint density at radius 2 is 2.29 bits per heavy atom. The zero-order chi connectivity index (χ0) is 14.8. The minimum atomic E-state index is -2.77. The molecule has 21 heavy (non-hydrogen) atoms. The van der Waals surface area contributed by atoms with Gasteiger partial charge in [-0.05, 0) is 18.2 Å². The number of pyridine rings is 1. The van der Waals surface area contributed by atoms with Gasteiger partial charge in [-0.1, -0.05) is 0 Å². The quantitative estimate of drug-likeness (QED) is 0.762. The fourth-order valence-electron chi connectivity index (χ4n) is 1.86. The first kappa shape index (κ1) is 13.2. The van der Waals surface area contributed by atoms with Gasteiger partial charge in [-0.25, -0.2) is 9.67 Å². The molecular weight excluding hydrogens is 282 g/mol. The largest absolute Gasteiger partial charge is 0.345 e. The molecule has 3 aromatic rings. The predicted octanol–water partition coefficient (Wildman–Crippen LogP) is 1.48. The molecule has 0 atom stereocenters. The molecule has 0 saturated carbocycles. The molecule has 2 N–H and O–H groups in total. The van der Waals surface area contributed by atoms with Gasteiger partial charge in [-0.2, -0.15) is 19.0 Å². The molecule has 0 aliphatic carbocycles. The van der Waals surface area contributed by atoms with Gasteiger partial charge in [0.2, 0.25) is 0 Å². The summed E-state index contributed by atoms with van der Waals surface area (Å²) in [5.74, 6) is -0.541. The van der Waals surface area contributed by atoms with E-state index in [1.807, 2.05) is 6.07 Å². The molecule has 0 fully saturated rings.